The van der Waals surface area contributed by atoms with Gasteiger partial charge in [-0.2, -0.15) is 0 Å². The van der Waals surface area contributed by atoms with E-state index < -0.39 is 11.7 Å². The monoisotopic (exact) mass is 329 g/mol. The summed E-state index contributed by atoms with van der Waals surface area (Å²) in [6, 6.07) is 7.94. The average molecular weight is 329 g/mol. The quantitative estimate of drug-likeness (QED) is 0.928. The number of nitrogens with zero attached hydrogens (tertiary/aromatic N) is 3. The number of aliphatic hydroxyl groups excluding tert-OH is 1. The Morgan fingerprint density at radius 2 is 2.29 bits per heavy atom. The van der Waals surface area contributed by atoms with Crippen LogP contribution in [-0.2, 0) is 16.1 Å². The van der Waals surface area contributed by atoms with E-state index in [-0.39, 0.29) is 5.91 Å². The van der Waals surface area contributed by atoms with Gasteiger partial charge >= 0.3 is 0 Å². The van der Waals surface area contributed by atoms with E-state index in [0.29, 0.717) is 39.1 Å². The number of para-hydroxylation sites is 2. The highest BCUT2D eigenvalue weighted by Gasteiger charge is 2.46. The second-order valence-electron chi connectivity index (χ2n) is 6.81. The summed E-state index contributed by atoms with van der Waals surface area (Å²) in [7, 11) is 0. The highest BCUT2D eigenvalue weighted by Crippen LogP contribution is 2.35. The number of hydrogen-bond donors (Lipinski definition) is 1. The molecule has 6 nitrogen and oxygen atoms in total. The summed E-state index contributed by atoms with van der Waals surface area (Å²) in [6.07, 6.45) is 4.16. The van der Waals surface area contributed by atoms with Crippen molar-refractivity contribution in [1.82, 2.24) is 14.5 Å². The van der Waals surface area contributed by atoms with Gasteiger partial charge in [-0.25, -0.2) is 4.98 Å². The lowest BCUT2D eigenvalue weighted by Gasteiger charge is -2.43. The van der Waals surface area contributed by atoms with Crippen LogP contribution in [-0.4, -0.2) is 56.9 Å². The van der Waals surface area contributed by atoms with E-state index in [1.807, 2.05) is 33.7 Å². The van der Waals surface area contributed by atoms with Gasteiger partial charge in [0.1, 0.15) is 5.60 Å². The first-order valence-electron chi connectivity index (χ1n) is 8.68. The lowest BCUT2D eigenvalue weighted by Crippen LogP contribution is -2.57. The van der Waals surface area contributed by atoms with Crippen LogP contribution in [0.1, 0.15) is 25.7 Å². The molecule has 0 unspecified atom stereocenters. The van der Waals surface area contributed by atoms with Crippen LogP contribution in [0.25, 0.3) is 11.0 Å². The molecule has 2 aliphatic heterocycles. The molecule has 1 N–H and O–H groups in total. The third-order valence-electron chi connectivity index (χ3n) is 5.32. The smallest absolute Gasteiger partial charge is 0.224 e. The van der Waals surface area contributed by atoms with Crippen molar-refractivity contribution < 1.29 is 14.6 Å². The van der Waals surface area contributed by atoms with Crippen molar-refractivity contribution in [1.29, 1.82) is 0 Å². The van der Waals surface area contributed by atoms with Crippen LogP contribution in [0.15, 0.2) is 30.6 Å². The average Bonchev–Trinajstić information content (AvgIpc) is 3.23. The molecule has 6 heteroatoms. The number of carbonyl (C=O) groups is 1. The van der Waals surface area contributed by atoms with Gasteiger partial charge in [0.05, 0.1) is 30.0 Å². The molecule has 3 heterocycles. The molecule has 0 radical (unpaired) electrons. The fraction of sp³-hybridized carbons (Fsp3) is 0.556. The number of fused-ring (bicyclic) bond motifs is 1. The summed E-state index contributed by atoms with van der Waals surface area (Å²) in [5, 5.41) is 10.3. The molecule has 2 fully saturated rings. The summed E-state index contributed by atoms with van der Waals surface area (Å²) in [5.41, 5.74) is 1.47. The number of aromatic nitrogens is 2. The first kappa shape index (κ1) is 15.6. The predicted molar refractivity (Wildman–Crippen MR) is 89.5 cm³/mol. The maximum Gasteiger partial charge on any atom is 0.224 e. The SMILES string of the molecule is O=C(CCn1cnc2ccccc21)N1CC[C@H](O)[C@]2(CCCO2)C1. The summed E-state index contributed by atoms with van der Waals surface area (Å²) < 4.78 is 7.84. The molecule has 0 bridgehead atoms. The number of imidazole rings is 1. The van der Waals surface area contributed by atoms with Gasteiger partial charge in [-0.05, 0) is 31.4 Å². The predicted octanol–water partition coefficient (Wildman–Crippen LogP) is 1.57. The summed E-state index contributed by atoms with van der Waals surface area (Å²) in [5.74, 6) is 0.120. The van der Waals surface area contributed by atoms with Gasteiger partial charge in [0.15, 0.2) is 0 Å². The lowest BCUT2D eigenvalue weighted by molar-refractivity contribution is -0.155. The Morgan fingerprint density at radius 3 is 3.12 bits per heavy atom. The van der Waals surface area contributed by atoms with E-state index in [9.17, 15) is 9.90 Å². The Kier molecular flexibility index (Phi) is 4.02. The van der Waals surface area contributed by atoms with E-state index >= 15 is 0 Å². The number of hydrogen-bond acceptors (Lipinski definition) is 4. The van der Waals surface area contributed by atoms with Gasteiger partial charge < -0.3 is 19.3 Å². The number of likely N-dealkylation sites (tertiary alicyclic amines) is 1. The fourth-order valence-electron chi connectivity index (χ4n) is 3.93. The highest BCUT2D eigenvalue weighted by molar-refractivity contribution is 5.77. The second-order valence-corrected chi connectivity index (χ2v) is 6.81. The Hall–Kier alpha value is -1.92. The van der Waals surface area contributed by atoms with Gasteiger partial charge in [0.2, 0.25) is 5.91 Å². The van der Waals surface area contributed by atoms with Crippen LogP contribution in [0.3, 0.4) is 0 Å². The molecule has 0 saturated carbocycles. The number of aryl methyl sites for hydroxylation is 1. The summed E-state index contributed by atoms with van der Waals surface area (Å²) in [6.45, 7) is 2.42. The Labute approximate surface area is 141 Å². The molecular weight excluding hydrogens is 306 g/mol. The molecule has 2 atom stereocenters. The lowest BCUT2D eigenvalue weighted by atomic mass is 9.87. The van der Waals surface area contributed by atoms with E-state index in [1.165, 1.54) is 0 Å². The standard InChI is InChI=1S/C18H23N3O3/c22-16-6-9-20(12-18(16)8-3-11-24-18)17(23)7-10-21-13-19-14-4-1-2-5-15(14)21/h1-2,4-5,13,16,22H,3,6-12H2/t16-,18-/m0/s1. The number of benzene rings is 1. The maximum atomic E-state index is 12.6. The zero-order valence-corrected chi connectivity index (χ0v) is 13.7. The number of aliphatic hydroxyl groups is 1. The number of carbonyl (C=O) groups excluding carboxylic acids is 1. The van der Waals surface area contributed by atoms with Crippen molar-refractivity contribution in [2.75, 3.05) is 19.7 Å². The van der Waals surface area contributed by atoms with E-state index in [0.717, 1.165) is 23.9 Å². The molecule has 1 spiro atoms. The Bertz CT molecular complexity index is 736. The van der Waals surface area contributed by atoms with Crippen LogP contribution < -0.4 is 0 Å². The highest BCUT2D eigenvalue weighted by atomic mass is 16.5. The molecule has 0 aliphatic carbocycles. The molecule has 128 valence electrons. The first-order valence-corrected chi connectivity index (χ1v) is 8.68. The minimum atomic E-state index is -0.532. The van der Waals surface area contributed by atoms with Crippen molar-refractivity contribution in [2.24, 2.45) is 0 Å². The number of rotatable bonds is 3. The van der Waals surface area contributed by atoms with Gasteiger partial charge in [0.25, 0.3) is 0 Å². The summed E-state index contributed by atoms with van der Waals surface area (Å²) in [4.78, 5) is 18.9. The summed E-state index contributed by atoms with van der Waals surface area (Å²) >= 11 is 0. The number of amides is 1. The van der Waals surface area contributed by atoms with Crippen LogP contribution >= 0.6 is 0 Å². The van der Waals surface area contributed by atoms with Crippen LogP contribution in [0.4, 0.5) is 0 Å². The molecule has 2 saturated heterocycles. The molecule has 1 aromatic carbocycles. The first-order chi connectivity index (χ1) is 11.7. The van der Waals surface area contributed by atoms with Crippen molar-refractivity contribution in [3.05, 3.63) is 30.6 Å². The van der Waals surface area contributed by atoms with Crippen molar-refractivity contribution in [3.63, 3.8) is 0 Å². The Balaban J connectivity index is 1.41. The minimum Gasteiger partial charge on any atom is -0.390 e. The molecule has 1 aromatic heterocycles. The maximum absolute atomic E-state index is 12.6. The molecule has 2 aliphatic rings. The van der Waals surface area contributed by atoms with E-state index in [1.54, 1.807) is 6.33 Å². The molecule has 4 rings (SSSR count). The van der Waals surface area contributed by atoms with Crippen LogP contribution in [0.5, 0.6) is 0 Å². The second kappa shape index (κ2) is 6.18. The van der Waals surface area contributed by atoms with Gasteiger partial charge in [-0.1, -0.05) is 12.1 Å². The molecule has 1 amide bonds. The van der Waals surface area contributed by atoms with Gasteiger partial charge in [0, 0.05) is 26.1 Å². The van der Waals surface area contributed by atoms with Crippen LogP contribution in [0.2, 0.25) is 0 Å². The van der Waals surface area contributed by atoms with E-state index in [4.69, 9.17) is 4.74 Å². The largest absolute Gasteiger partial charge is 0.390 e. The van der Waals surface area contributed by atoms with Crippen molar-refractivity contribution in [2.45, 2.75) is 43.9 Å². The molecule has 24 heavy (non-hydrogen) atoms. The zero-order chi connectivity index (χ0) is 16.6. The van der Waals surface area contributed by atoms with Crippen LogP contribution in [0, 0.1) is 0 Å². The topological polar surface area (TPSA) is 67.6 Å². The number of ether oxygens (including phenoxy) is 1. The van der Waals surface area contributed by atoms with Crippen molar-refractivity contribution in [3.8, 4) is 0 Å². The zero-order valence-electron chi connectivity index (χ0n) is 13.7. The van der Waals surface area contributed by atoms with Gasteiger partial charge in [-0.3, -0.25) is 4.79 Å². The van der Waals surface area contributed by atoms with Crippen molar-refractivity contribution >= 4 is 16.9 Å². The van der Waals surface area contributed by atoms with E-state index in [2.05, 4.69) is 4.98 Å². The Morgan fingerprint density at radius 1 is 1.42 bits per heavy atom. The molecular formula is C18H23N3O3. The normalized spacial score (nSPS) is 27.2. The minimum absolute atomic E-state index is 0.120. The number of piperidine rings is 1. The third kappa shape index (κ3) is 2.70. The molecule has 2 aromatic rings. The third-order valence-corrected chi connectivity index (χ3v) is 5.32. The van der Waals surface area contributed by atoms with Gasteiger partial charge in [-0.15, -0.1) is 0 Å². The fourth-order valence-corrected chi connectivity index (χ4v) is 3.93.